The van der Waals surface area contributed by atoms with Crippen molar-refractivity contribution in [3.05, 3.63) is 18.0 Å². The molecule has 1 aliphatic rings. The minimum absolute atomic E-state index is 0.0342. The normalized spacial score (nSPS) is 17.4. The molecule has 7 heteroatoms. The third-order valence-corrected chi connectivity index (χ3v) is 4.45. The Morgan fingerprint density at radius 3 is 2.40 bits per heavy atom. The molecule has 1 aromatic rings. The summed E-state index contributed by atoms with van der Waals surface area (Å²) in [5.74, 6) is 0.401. The Balaban J connectivity index is 1.90. The van der Waals surface area contributed by atoms with Gasteiger partial charge in [0.05, 0.1) is 10.1 Å². The van der Waals surface area contributed by atoms with Crippen molar-refractivity contribution < 1.29 is 13.0 Å². The molecule has 20 heavy (non-hydrogen) atoms. The maximum atomic E-state index is 10.8. The van der Waals surface area contributed by atoms with E-state index in [0.29, 0.717) is 31.9 Å². The number of aryl methyl sites for hydroxylation is 1. The van der Waals surface area contributed by atoms with Crippen LogP contribution < -0.4 is 4.90 Å². The fraction of sp³-hybridized carbons (Fsp3) is 0.692. The zero-order chi connectivity index (χ0) is 14.6. The molecule has 1 aromatic heterocycles. The van der Waals surface area contributed by atoms with Gasteiger partial charge in [0.15, 0.2) is 0 Å². The first-order chi connectivity index (χ1) is 9.48. The molecular weight excluding hydrogens is 278 g/mol. The van der Waals surface area contributed by atoms with E-state index in [0.717, 1.165) is 18.4 Å². The van der Waals surface area contributed by atoms with Crippen LogP contribution in [0.25, 0.3) is 0 Å². The van der Waals surface area contributed by atoms with Gasteiger partial charge in [-0.1, -0.05) is 13.3 Å². The summed E-state index contributed by atoms with van der Waals surface area (Å²) in [6.07, 6.45) is 7.13. The first kappa shape index (κ1) is 15.2. The first-order valence-corrected chi connectivity index (χ1v) is 8.55. The van der Waals surface area contributed by atoms with Gasteiger partial charge in [0.1, 0.15) is 0 Å². The van der Waals surface area contributed by atoms with E-state index >= 15 is 0 Å². The summed E-state index contributed by atoms with van der Waals surface area (Å²) >= 11 is 0. The molecule has 0 aliphatic carbocycles. The largest absolute Gasteiger partial charge is 0.748 e. The van der Waals surface area contributed by atoms with Crippen LogP contribution in [0.2, 0.25) is 0 Å². The van der Waals surface area contributed by atoms with Crippen molar-refractivity contribution in [1.29, 1.82) is 0 Å². The number of anilines is 1. The van der Waals surface area contributed by atoms with Crippen LogP contribution in [-0.4, -0.2) is 41.8 Å². The molecule has 0 N–H and O–H groups in total. The molecule has 1 fully saturated rings. The summed E-state index contributed by atoms with van der Waals surface area (Å²) in [5, 5.41) is 0. The van der Waals surface area contributed by atoms with Crippen molar-refractivity contribution in [1.82, 2.24) is 9.97 Å². The summed E-state index contributed by atoms with van der Waals surface area (Å²) in [7, 11) is -4.12. The molecule has 2 heterocycles. The van der Waals surface area contributed by atoms with Crippen LogP contribution in [0.15, 0.2) is 12.4 Å². The minimum Gasteiger partial charge on any atom is -0.748 e. The molecule has 1 aliphatic heterocycles. The SMILES string of the molecule is CCCc1cnc(N2CCC(CS(=O)(=O)[O-])CC2)nc1. The third-order valence-electron chi connectivity index (χ3n) is 3.57. The van der Waals surface area contributed by atoms with Crippen LogP contribution >= 0.6 is 0 Å². The van der Waals surface area contributed by atoms with Crippen molar-refractivity contribution in [2.75, 3.05) is 23.7 Å². The van der Waals surface area contributed by atoms with Crippen LogP contribution in [0.3, 0.4) is 0 Å². The molecule has 0 aromatic carbocycles. The van der Waals surface area contributed by atoms with E-state index in [4.69, 9.17) is 0 Å². The fourth-order valence-corrected chi connectivity index (χ4v) is 3.43. The summed E-state index contributed by atoms with van der Waals surface area (Å²) in [4.78, 5) is 10.8. The van der Waals surface area contributed by atoms with E-state index in [-0.39, 0.29) is 11.7 Å². The number of rotatable bonds is 5. The lowest BCUT2D eigenvalue weighted by molar-refractivity contribution is 0.404. The third kappa shape index (κ3) is 4.42. The number of piperidine rings is 1. The Hall–Kier alpha value is -1.21. The summed E-state index contributed by atoms with van der Waals surface area (Å²) in [6.45, 7) is 3.52. The maximum Gasteiger partial charge on any atom is 0.225 e. The second-order valence-electron chi connectivity index (χ2n) is 5.30. The van der Waals surface area contributed by atoms with E-state index in [1.165, 1.54) is 0 Å². The molecule has 0 atom stereocenters. The molecule has 0 amide bonds. The molecular formula is C13H20N3O3S-. The van der Waals surface area contributed by atoms with Crippen molar-refractivity contribution in [3.8, 4) is 0 Å². The van der Waals surface area contributed by atoms with E-state index in [2.05, 4.69) is 16.9 Å². The van der Waals surface area contributed by atoms with Crippen molar-refractivity contribution >= 4 is 16.1 Å². The van der Waals surface area contributed by atoms with Gasteiger partial charge in [-0.3, -0.25) is 0 Å². The quantitative estimate of drug-likeness (QED) is 0.759. The molecule has 0 bridgehead atoms. The second-order valence-corrected chi connectivity index (χ2v) is 6.74. The Labute approximate surface area is 120 Å². The average molecular weight is 298 g/mol. The lowest BCUT2D eigenvalue weighted by atomic mass is 9.99. The maximum absolute atomic E-state index is 10.8. The summed E-state index contributed by atoms with van der Waals surface area (Å²) < 4.78 is 32.3. The second kappa shape index (κ2) is 6.49. The van der Waals surface area contributed by atoms with Crippen LogP contribution in [-0.2, 0) is 16.5 Å². The van der Waals surface area contributed by atoms with Crippen molar-refractivity contribution in [2.45, 2.75) is 32.6 Å². The smallest absolute Gasteiger partial charge is 0.225 e. The lowest BCUT2D eigenvalue weighted by Gasteiger charge is -2.32. The Morgan fingerprint density at radius 2 is 1.90 bits per heavy atom. The monoisotopic (exact) mass is 298 g/mol. The van der Waals surface area contributed by atoms with Crippen LogP contribution in [0.5, 0.6) is 0 Å². The number of nitrogens with zero attached hydrogens (tertiary/aromatic N) is 3. The summed E-state index contributed by atoms with van der Waals surface area (Å²) in [6, 6.07) is 0. The van der Waals surface area contributed by atoms with Gasteiger partial charge in [-0.05, 0) is 30.7 Å². The van der Waals surface area contributed by atoms with Crippen LogP contribution in [0, 0.1) is 5.92 Å². The average Bonchev–Trinajstić information content (AvgIpc) is 2.39. The molecule has 0 unspecified atom stereocenters. The fourth-order valence-electron chi connectivity index (χ4n) is 2.52. The highest BCUT2D eigenvalue weighted by molar-refractivity contribution is 7.85. The number of hydrogen-bond acceptors (Lipinski definition) is 6. The summed E-state index contributed by atoms with van der Waals surface area (Å²) in [5.41, 5.74) is 1.13. The molecule has 1 saturated heterocycles. The van der Waals surface area contributed by atoms with Gasteiger partial charge >= 0.3 is 0 Å². The molecule has 6 nitrogen and oxygen atoms in total. The van der Waals surface area contributed by atoms with Gasteiger partial charge in [0.2, 0.25) is 5.95 Å². The van der Waals surface area contributed by atoms with Gasteiger partial charge in [-0.2, -0.15) is 0 Å². The van der Waals surface area contributed by atoms with Gasteiger partial charge in [0.25, 0.3) is 0 Å². The van der Waals surface area contributed by atoms with Gasteiger partial charge < -0.3 is 9.45 Å². The van der Waals surface area contributed by atoms with Crippen LogP contribution in [0.1, 0.15) is 31.7 Å². The van der Waals surface area contributed by atoms with Gasteiger partial charge in [0, 0.05) is 31.2 Å². The van der Waals surface area contributed by atoms with Crippen LogP contribution in [0.4, 0.5) is 5.95 Å². The highest BCUT2D eigenvalue weighted by Crippen LogP contribution is 2.21. The predicted molar refractivity (Wildman–Crippen MR) is 75.5 cm³/mol. The zero-order valence-corrected chi connectivity index (χ0v) is 12.5. The molecule has 0 saturated carbocycles. The van der Waals surface area contributed by atoms with Crippen molar-refractivity contribution in [2.24, 2.45) is 5.92 Å². The van der Waals surface area contributed by atoms with E-state index in [1.54, 1.807) is 0 Å². The minimum atomic E-state index is -4.12. The van der Waals surface area contributed by atoms with Gasteiger partial charge in [-0.15, -0.1) is 0 Å². The van der Waals surface area contributed by atoms with Crippen molar-refractivity contribution in [3.63, 3.8) is 0 Å². The zero-order valence-electron chi connectivity index (χ0n) is 11.7. The highest BCUT2D eigenvalue weighted by atomic mass is 32.2. The highest BCUT2D eigenvalue weighted by Gasteiger charge is 2.22. The standard InChI is InChI=1S/C13H21N3O3S/c1-2-3-12-8-14-13(15-9-12)16-6-4-11(5-7-16)10-20(17,18)19/h8-9,11H,2-7,10H2,1H3,(H,17,18,19)/p-1. The molecule has 0 radical (unpaired) electrons. The lowest BCUT2D eigenvalue weighted by Crippen LogP contribution is -2.36. The molecule has 112 valence electrons. The molecule has 0 spiro atoms. The van der Waals surface area contributed by atoms with E-state index < -0.39 is 10.1 Å². The Morgan fingerprint density at radius 1 is 1.30 bits per heavy atom. The van der Waals surface area contributed by atoms with E-state index in [9.17, 15) is 13.0 Å². The first-order valence-electron chi connectivity index (χ1n) is 6.97. The van der Waals surface area contributed by atoms with Gasteiger partial charge in [-0.25, -0.2) is 18.4 Å². The molecule has 2 rings (SSSR count). The number of hydrogen-bond donors (Lipinski definition) is 0. The predicted octanol–water partition coefficient (Wildman–Crippen LogP) is 1.19. The van der Waals surface area contributed by atoms with E-state index in [1.807, 2.05) is 17.3 Å². The Kier molecular flexibility index (Phi) is 4.93. The Bertz CT molecular complexity index is 522. The number of aromatic nitrogens is 2. The topological polar surface area (TPSA) is 86.2 Å².